The summed E-state index contributed by atoms with van der Waals surface area (Å²) in [6, 6.07) is 15.6. The Bertz CT molecular complexity index is 846. The maximum Gasteiger partial charge on any atom is 0.243 e. The summed E-state index contributed by atoms with van der Waals surface area (Å²) in [5.41, 5.74) is 3.37. The maximum atomic E-state index is 13.2. The Morgan fingerprint density at radius 1 is 0.938 bits per heavy atom. The van der Waals surface area contributed by atoms with Gasteiger partial charge in [0.25, 0.3) is 0 Å². The summed E-state index contributed by atoms with van der Waals surface area (Å²) in [5.74, 6) is 0.696. The lowest BCUT2D eigenvalue weighted by molar-refractivity contribution is -0.141. The molecule has 0 aliphatic carbocycles. The Morgan fingerprint density at radius 3 is 2.09 bits per heavy atom. The highest BCUT2D eigenvalue weighted by molar-refractivity contribution is 5.87. The fraction of sp³-hybridized carbons (Fsp3) is 0.481. The first-order valence-corrected chi connectivity index (χ1v) is 11.7. The number of hydrogen-bond acceptors (Lipinski definition) is 3. The summed E-state index contributed by atoms with van der Waals surface area (Å²) in [6.45, 7) is 10.9. The van der Waals surface area contributed by atoms with Crippen LogP contribution in [0, 0.1) is 13.8 Å². The van der Waals surface area contributed by atoms with E-state index in [9.17, 15) is 9.59 Å². The summed E-state index contributed by atoms with van der Waals surface area (Å²) in [4.78, 5) is 27.9. The highest BCUT2D eigenvalue weighted by atomic mass is 16.5. The van der Waals surface area contributed by atoms with E-state index in [0.717, 1.165) is 17.7 Å². The number of hydrogen-bond donors (Lipinski definition) is 1. The van der Waals surface area contributed by atoms with E-state index in [2.05, 4.69) is 5.32 Å². The van der Waals surface area contributed by atoms with Crippen molar-refractivity contribution < 1.29 is 14.3 Å². The second kappa shape index (κ2) is 12.9. The molecule has 0 fully saturated rings. The molecule has 32 heavy (non-hydrogen) atoms. The number of nitrogens with zero attached hydrogens (tertiary/aromatic N) is 1. The van der Waals surface area contributed by atoms with Gasteiger partial charge in [-0.1, -0.05) is 61.4 Å². The summed E-state index contributed by atoms with van der Waals surface area (Å²) in [6.07, 6.45) is 2.36. The molecule has 0 radical (unpaired) electrons. The lowest BCUT2D eigenvalue weighted by atomic mass is 10.1. The lowest BCUT2D eigenvalue weighted by Crippen LogP contribution is -2.50. The molecule has 0 aliphatic heterocycles. The third-order valence-electron chi connectivity index (χ3n) is 5.69. The Morgan fingerprint density at radius 2 is 1.53 bits per heavy atom. The monoisotopic (exact) mass is 438 g/mol. The number of nitrogens with one attached hydrogen (secondary N) is 1. The van der Waals surface area contributed by atoms with Crippen LogP contribution in [0.15, 0.2) is 48.5 Å². The number of carbonyl (C=O) groups excluding carboxylic acids is 2. The van der Waals surface area contributed by atoms with Crippen molar-refractivity contribution in [3.8, 4) is 5.75 Å². The summed E-state index contributed by atoms with van der Waals surface area (Å²) in [5, 5.41) is 3.05. The molecule has 2 rings (SSSR count). The SMILES string of the molecule is CC[C@@H](C)NC(=O)[C@@H](CC)N(Cc1ccc(C)cc1)C(=O)CCCOc1ccc(C)cc1. The van der Waals surface area contributed by atoms with Crippen LogP contribution in [0.1, 0.15) is 63.1 Å². The van der Waals surface area contributed by atoms with Gasteiger partial charge in [-0.3, -0.25) is 9.59 Å². The van der Waals surface area contributed by atoms with E-state index in [1.807, 2.05) is 83.1 Å². The minimum atomic E-state index is -0.490. The highest BCUT2D eigenvalue weighted by Crippen LogP contribution is 2.16. The zero-order chi connectivity index (χ0) is 23.5. The van der Waals surface area contributed by atoms with Crippen molar-refractivity contribution in [1.82, 2.24) is 10.2 Å². The van der Waals surface area contributed by atoms with Crippen molar-refractivity contribution in [3.05, 3.63) is 65.2 Å². The number of aryl methyl sites for hydroxylation is 2. The van der Waals surface area contributed by atoms with E-state index in [0.29, 0.717) is 32.4 Å². The molecule has 1 N–H and O–H groups in total. The average Bonchev–Trinajstić information content (AvgIpc) is 2.78. The van der Waals surface area contributed by atoms with Crippen LogP contribution in [0.5, 0.6) is 5.75 Å². The summed E-state index contributed by atoms with van der Waals surface area (Å²) >= 11 is 0. The zero-order valence-electron chi connectivity index (χ0n) is 20.2. The van der Waals surface area contributed by atoms with Crippen LogP contribution in [-0.2, 0) is 16.1 Å². The average molecular weight is 439 g/mol. The van der Waals surface area contributed by atoms with Crippen LogP contribution in [0.3, 0.4) is 0 Å². The molecule has 0 saturated carbocycles. The predicted octanol–water partition coefficient (Wildman–Crippen LogP) is 5.18. The Kier molecular flexibility index (Phi) is 10.3. The van der Waals surface area contributed by atoms with Gasteiger partial charge in [0.2, 0.25) is 11.8 Å². The number of ether oxygens (including phenoxy) is 1. The van der Waals surface area contributed by atoms with Gasteiger partial charge in [-0.15, -0.1) is 0 Å². The number of amides is 2. The van der Waals surface area contributed by atoms with Gasteiger partial charge < -0.3 is 15.0 Å². The van der Waals surface area contributed by atoms with Crippen LogP contribution in [0.25, 0.3) is 0 Å². The Labute approximate surface area is 193 Å². The first kappa shape index (κ1) is 25.4. The van der Waals surface area contributed by atoms with Crippen LogP contribution < -0.4 is 10.1 Å². The first-order valence-electron chi connectivity index (χ1n) is 11.7. The molecule has 5 heteroatoms. The molecule has 2 amide bonds. The van der Waals surface area contributed by atoms with Gasteiger partial charge in [0.05, 0.1) is 6.61 Å². The molecule has 5 nitrogen and oxygen atoms in total. The molecule has 0 aromatic heterocycles. The summed E-state index contributed by atoms with van der Waals surface area (Å²) in [7, 11) is 0. The second-order valence-corrected chi connectivity index (χ2v) is 8.51. The molecule has 0 heterocycles. The normalized spacial score (nSPS) is 12.7. The van der Waals surface area contributed by atoms with E-state index < -0.39 is 6.04 Å². The molecule has 0 aliphatic rings. The van der Waals surface area contributed by atoms with Gasteiger partial charge in [0.15, 0.2) is 0 Å². The van der Waals surface area contributed by atoms with Gasteiger partial charge in [-0.2, -0.15) is 0 Å². The zero-order valence-corrected chi connectivity index (χ0v) is 20.2. The van der Waals surface area contributed by atoms with E-state index in [1.165, 1.54) is 11.1 Å². The molecule has 2 aromatic rings. The number of carbonyl (C=O) groups is 2. The maximum absolute atomic E-state index is 13.2. The minimum Gasteiger partial charge on any atom is -0.494 e. The van der Waals surface area contributed by atoms with Gasteiger partial charge in [0.1, 0.15) is 11.8 Å². The quantitative estimate of drug-likeness (QED) is 0.464. The Balaban J connectivity index is 2.05. The van der Waals surface area contributed by atoms with Crippen LogP contribution in [0.4, 0.5) is 0 Å². The Hall–Kier alpha value is -2.82. The van der Waals surface area contributed by atoms with Gasteiger partial charge in [-0.05, 0) is 57.7 Å². The van der Waals surface area contributed by atoms with E-state index >= 15 is 0 Å². The highest BCUT2D eigenvalue weighted by Gasteiger charge is 2.28. The molecule has 0 spiro atoms. The van der Waals surface area contributed by atoms with Crippen LogP contribution in [0.2, 0.25) is 0 Å². The molecule has 174 valence electrons. The predicted molar refractivity (Wildman–Crippen MR) is 130 cm³/mol. The van der Waals surface area contributed by atoms with Crippen molar-refractivity contribution >= 4 is 11.8 Å². The smallest absolute Gasteiger partial charge is 0.243 e. The van der Waals surface area contributed by atoms with Gasteiger partial charge in [0, 0.05) is 19.0 Å². The van der Waals surface area contributed by atoms with Crippen molar-refractivity contribution in [3.63, 3.8) is 0 Å². The topological polar surface area (TPSA) is 58.6 Å². The van der Waals surface area contributed by atoms with Gasteiger partial charge >= 0.3 is 0 Å². The number of rotatable bonds is 12. The standard InChI is InChI=1S/C27H38N2O3/c1-6-22(5)28-27(31)25(7-2)29(19-23-14-10-20(3)11-15-23)26(30)9-8-18-32-24-16-12-21(4)13-17-24/h10-17,22,25H,6-9,18-19H2,1-5H3,(H,28,31)/t22-,25-/m1/s1. The van der Waals surface area contributed by atoms with E-state index in [-0.39, 0.29) is 17.9 Å². The van der Waals surface area contributed by atoms with Crippen molar-refractivity contribution in [1.29, 1.82) is 0 Å². The van der Waals surface area contributed by atoms with E-state index in [1.54, 1.807) is 4.90 Å². The van der Waals surface area contributed by atoms with E-state index in [4.69, 9.17) is 4.74 Å². The third kappa shape index (κ3) is 8.03. The molecular weight excluding hydrogens is 400 g/mol. The molecule has 2 atom stereocenters. The number of benzene rings is 2. The second-order valence-electron chi connectivity index (χ2n) is 8.51. The molecule has 0 saturated heterocycles. The molecule has 0 unspecified atom stereocenters. The van der Waals surface area contributed by atoms with Crippen molar-refractivity contribution in [2.24, 2.45) is 0 Å². The molecule has 0 bridgehead atoms. The summed E-state index contributed by atoms with van der Waals surface area (Å²) < 4.78 is 5.77. The van der Waals surface area contributed by atoms with Crippen LogP contribution in [-0.4, -0.2) is 35.4 Å². The van der Waals surface area contributed by atoms with Gasteiger partial charge in [-0.25, -0.2) is 0 Å². The largest absolute Gasteiger partial charge is 0.494 e. The molecule has 2 aromatic carbocycles. The first-order chi connectivity index (χ1) is 15.3. The third-order valence-corrected chi connectivity index (χ3v) is 5.69. The van der Waals surface area contributed by atoms with Crippen molar-refractivity contribution in [2.45, 2.75) is 78.9 Å². The fourth-order valence-electron chi connectivity index (χ4n) is 3.44. The fourth-order valence-corrected chi connectivity index (χ4v) is 3.44. The molecular formula is C27H38N2O3. The van der Waals surface area contributed by atoms with Crippen molar-refractivity contribution in [2.75, 3.05) is 6.61 Å². The van der Waals surface area contributed by atoms with Crippen LogP contribution >= 0.6 is 0 Å². The lowest BCUT2D eigenvalue weighted by Gasteiger charge is -2.31. The minimum absolute atomic E-state index is 0.0239.